The molecule has 0 saturated heterocycles. The van der Waals surface area contributed by atoms with Crippen molar-refractivity contribution in [3.05, 3.63) is 23.8 Å². The van der Waals surface area contributed by atoms with Crippen LogP contribution in [0.2, 0.25) is 0 Å². The average Bonchev–Trinajstić information content (AvgIpc) is 2.97. The van der Waals surface area contributed by atoms with Crippen molar-refractivity contribution in [1.29, 1.82) is 0 Å². The smallest absolute Gasteiger partial charge is 0.335 e. The normalized spacial score (nSPS) is 10.7. The zero-order valence-corrected chi connectivity index (χ0v) is 10.8. The Morgan fingerprint density at radius 3 is 2.50 bits per heavy atom. The molecule has 4 N–H and O–H groups in total. The second-order valence-electron chi connectivity index (χ2n) is 4.13. The molecule has 0 atom stereocenters. The molecule has 0 aliphatic carbocycles. The SMILES string of the molecule is Cc1cc(C)[n+](-c2nnc(Nc3nncn3N)nn2)[nH]1. The molecule has 20 heavy (non-hydrogen) atoms. The Morgan fingerprint density at radius 1 is 1.20 bits per heavy atom. The van der Waals surface area contributed by atoms with Gasteiger partial charge in [0.1, 0.15) is 12.0 Å². The topological polar surface area (TPSA) is 140 Å². The number of aromatic nitrogens is 9. The summed E-state index contributed by atoms with van der Waals surface area (Å²) in [5, 5.41) is 29.0. The molecule has 102 valence electrons. The number of H-pyrrole nitrogens is 1. The van der Waals surface area contributed by atoms with E-state index in [1.54, 1.807) is 4.68 Å². The van der Waals surface area contributed by atoms with E-state index in [-0.39, 0.29) is 5.95 Å². The van der Waals surface area contributed by atoms with Gasteiger partial charge >= 0.3 is 11.9 Å². The predicted octanol–water partition coefficient (Wildman–Crippen LogP) is -1.46. The first kappa shape index (κ1) is 12.0. The van der Waals surface area contributed by atoms with E-state index in [0.717, 1.165) is 11.4 Å². The first-order chi connectivity index (χ1) is 9.63. The average molecular weight is 274 g/mol. The number of aryl methyl sites for hydroxylation is 2. The van der Waals surface area contributed by atoms with Crippen LogP contribution in [0.1, 0.15) is 11.4 Å². The highest BCUT2D eigenvalue weighted by Gasteiger charge is 2.18. The molecular formula is C9H12N11+. The summed E-state index contributed by atoms with van der Waals surface area (Å²) in [5.41, 5.74) is 1.94. The lowest BCUT2D eigenvalue weighted by atomic mass is 10.4. The van der Waals surface area contributed by atoms with Crippen molar-refractivity contribution in [3.63, 3.8) is 0 Å². The first-order valence-electron chi connectivity index (χ1n) is 5.71. The van der Waals surface area contributed by atoms with Gasteiger partial charge in [-0.05, 0) is 30.1 Å². The molecule has 0 aliphatic rings. The Hall–Kier alpha value is -3.11. The standard InChI is InChI=1S/C9H11N11/c1-5-3-6(2)20(18-5)9-16-13-7(14-17-9)12-8-15-11-4-19(8)10/h3-4H,10H2,1-2H3,(H,12,13,14,15)/p+1. The zero-order valence-electron chi connectivity index (χ0n) is 10.8. The highest BCUT2D eigenvalue weighted by atomic mass is 15.5. The van der Waals surface area contributed by atoms with E-state index in [2.05, 4.69) is 41.0 Å². The number of rotatable bonds is 3. The van der Waals surface area contributed by atoms with Crippen molar-refractivity contribution in [2.75, 3.05) is 11.2 Å². The molecule has 3 heterocycles. The maximum atomic E-state index is 5.56. The third-order valence-corrected chi connectivity index (χ3v) is 2.53. The van der Waals surface area contributed by atoms with E-state index < -0.39 is 0 Å². The fourth-order valence-corrected chi connectivity index (χ4v) is 1.68. The number of aromatic amines is 1. The largest absolute Gasteiger partial charge is 0.500 e. The third-order valence-electron chi connectivity index (χ3n) is 2.53. The number of nitrogens with zero attached hydrogens (tertiary/aromatic N) is 8. The first-order valence-corrected chi connectivity index (χ1v) is 5.71. The molecule has 3 rings (SSSR count). The van der Waals surface area contributed by atoms with Gasteiger partial charge in [-0.3, -0.25) is 5.32 Å². The molecular weight excluding hydrogens is 262 g/mol. The summed E-state index contributed by atoms with van der Waals surface area (Å²) in [4.78, 5) is 0. The second-order valence-corrected chi connectivity index (χ2v) is 4.13. The fourth-order valence-electron chi connectivity index (χ4n) is 1.68. The summed E-state index contributed by atoms with van der Waals surface area (Å²) < 4.78 is 2.88. The number of anilines is 2. The number of nitrogens with two attached hydrogens (primary N) is 1. The van der Waals surface area contributed by atoms with Gasteiger partial charge in [0.15, 0.2) is 0 Å². The van der Waals surface area contributed by atoms with E-state index in [0.29, 0.717) is 11.9 Å². The van der Waals surface area contributed by atoms with E-state index in [1.807, 2.05) is 19.9 Å². The molecule has 0 saturated carbocycles. The predicted molar refractivity (Wildman–Crippen MR) is 66.4 cm³/mol. The Labute approximate surface area is 112 Å². The molecule has 0 aromatic carbocycles. The van der Waals surface area contributed by atoms with Gasteiger partial charge in [-0.25, -0.2) is 9.77 Å². The maximum Gasteiger partial charge on any atom is 0.500 e. The van der Waals surface area contributed by atoms with E-state index >= 15 is 0 Å². The van der Waals surface area contributed by atoms with Gasteiger partial charge in [0.05, 0.1) is 10.2 Å². The van der Waals surface area contributed by atoms with Crippen molar-refractivity contribution < 1.29 is 4.68 Å². The maximum absolute atomic E-state index is 5.56. The van der Waals surface area contributed by atoms with Crippen LogP contribution in [0.4, 0.5) is 11.9 Å². The fraction of sp³-hybridized carbons (Fsp3) is 0.222. The van der Waals surface area contributed by atoms with Crippen LogP contribution >= 0.6 is 0 Å². The lowest BCUT2D eigenvalue weighted by Gasteiger charge is -1.98. The lowest BCUT2D eigenvalue weighted by molar-refractivity contribution is -0.669. The minimum Gasteiger partial charge on any atom is -0.335 e. The minimum atomic E-state index is 0.176. The van der Waals surface area contributed by atoms with E-state index in [9.17, 15) is 0 Å². The molecule has 3 aromatic rings. The minimum absolute atomic E-state index is 0.176. The molecule has 0 spiro atoms. The molecule has 0 radical (unpaired) electrons. The number of nitrogen functional groups attached to an aromatic ring is 1. The number of hydrogen-bond acceptors (Lipinski definition) is 8. The van der Waals surface area contributed by atoms with E-state index in [4.69, 9.17) is 5.84 Å². The van der Waals surface area contributed by atoms with Crippen LogP contribution in [0.25, 0.3) is 5.95 Å². The lowest BCUT2D eigenvalue weighted by Crippen LogP contribution is -2.38. The Kier molecular flexibility index (Phi) is 2.71. The van der Waals surface area contributed by atoms with Gasteiger partial charge in [0.2, 0.25) is 5.95 Å². The Bertz CT molecular complexity index is 725. The quantitative estimate of drug-likeness (QED) is 0.388. The van der Waals surface area contributed by atoms with Crippen LogP contribution < -0.4 is 15.8 Å². The monoisotopic (exact) mass is 274 g/mol. The summed E-state index contributed by atoms with van der Waals surface area (Å²) in [6.45, 7) is 3.87. The Morgan fingerprint density at radius 2 is 1.95 bits per heavy atom. The van der Waals surface area contributed by atoms with Crippen molar-refractivity contribution in [3.8, 4) is 5.95 Å². The van der Waals surface area contributed by atoms with Crippen molar-refractivity contribution in [2.24, 2.45) is 0 Å². The van der Waals surface area contributed by atoms with E-state index in [1.165, 1.54) is 11.0 Å². The molecule has 0 fully saturated rings. The summed E-state index contributed by atoms with van der Waals surface area (Å²) in [5.74, 6) is 6.37. The van der Waals surface area contributed by atoms with Crippen LogP contribution in [-0.4, -0.2) is 40.4 Å². The van der Waals surface area contributed by atoms with Crippen LogP contribution in [-0.2, 0) is 0 Å². The van der Waals surface area contributed by atoms with Crippen LogP contribution in [0.3, 0.4) is 0 Å². The molecule has 11 heteroatoms. The zero-order chi connectivity index (χ0) is 14.1. The second kappa shape index (κ2) is 4.53. The molecule has 0 amide bonds. The van der Waals surface area contributed by atoms with Gasteiger partial charge < -0.3 is 5.84 Å². The molecule has 0 bridgehead atoms. The van der Waals surface area contributed by atoms with Crippen LogP contribution in [0.15, 0.2) is 12.4 Å². The van der Waals surface area contributed by atoms with Crippen LogP contribution in [0.5, 0.6) is 0 Å². The van der Waals surface area contributed by atoms with Crippen molar-refractivity contribution in [2.45, 2.75) is 13.8 Å². The van der Waals surface area contributed by atoms with Crippen molar-refractivity contribution in [1.82, 2.24) is 40.4 Å². The highest BCUT2D eigenvalue weighted by Crippen LogP contribution is 2.04. The number of nitrogens with one attached hydrogen (secondary N) is 2. The summed E-state index contributed by atoms with van der Waals surface area (Å²) in [6, 6.07) is 1.96. The molecule has 11 nitrogen and oxygen atoms in total. The summed E-state index contributed by atoms with van der Waals surface area (Å²) >= 11 is 0. The van der Waals surface area contributed by atoms with Crippen molar-refractivity contribution >= 4 is 11.9 Å². The number of hydrogen-bond donors (Lipinski definition) is 3. The van der Waals surface area contributed by atoms with Crippen LogP contribution in [0, 0.1) is 13.8 Å². The summed E-state index contributed by atoms with van der Waals surface area (Å²) in [6.07, 6.45) is 1.35. The molecule has 3 aromatic heterocycles. The van der Waals surface area contributed by atoms with Gasteiger partial charge in [-0.2, -0.15) is 0 Å². The Balaban J connectivity index is 1.85. The van der Waals surface area contributed by atoms with Gasteiger partial charge in [-0.15, -0.1) is 14.9 Å². The van der Waals surface area contributed by atoms with Gasteiger partial charge in [0.25, 0.3) is 0 Å². The summed E-state index contributed by atoms with van der Waals surface area (Å²) in [7, 11) is 0. The third kappa shape index (κ3) is 2.11. The van der Waals surface area contributed by atoms with Gasteiger partial charge in [-0.1, -0.05) is 0 Å². The molecule has 0 unspecified atom stereocenters. The highest BCUT2D eigenvalue weighted by molar-refractivity contribution is 5.40. The van der Waals surface area contributed by atoms with Gasteiger partial charge in [0, 0.05) is 5.69 Å². The molecule has 0 aliphatic heterocycles.